The Balaban J connectivity index is 2.45. The van der Waals surface area contributed by atoms with Crippen molar-refractivity contribution in [3.05, 3.63) is 46.2 Å². The molecule has 0 aliphatic rings. The summed E-state index contributed by atoms with van der Waals surface area (Å²) in [5, 5.41) is 7.79. The average Bonchev–Trinajstić information content (AvgIpc) is 2.83. The summed E-state index contributed by atoms with van der Waals surface area (Å²) in [6.07, 6.45) is 6.59. The third kappa shape index (κ3) is 3.68. The van der Waals surface area contributed by atoms with Gasteiger partial charge < -0.3 is 5.32 Å². The van der Waals surface area contributed by atoms with E-state index in [0.29, 0.717) is 5.56 Å². The second-order valence-corrected chi connectivity index (χ2v) is 5.74. The maximum absolute atomic E-state index is 14.2. The molecular formula is C15H20BrFN4. The van der Waals surface area contributed by atoms with Crippen molar-refractivity contribution < 1.29 is 4.39 Å². The number of hydrogen-bond donors (Lipinski definition) is 1. The van der Waals surface area contributed by atoms with Gasteiger partial charge in [-0.2, -0.15) is 5.10 Å². The molecular weight excluding hydrogens is 335 g/mol. The summed E-state index contributed by atoms with van der Waals surface area (Å²) < 4.78 is 17.0. The van der Waals surface area contributed by atoms with Gasteiger partial charge in [0, 0.05) is 18.3 Å². The van der Waals surface area contributed by atoms with Crippen LogP contribution in [-0.4, -0.2) is 21.3 Å². The van der Waals surface area contributed by atoms with E-state index < -0.39 is 0 Å². The van der Waals surface area contributed by atoms with Gasteiger partial charge in [-0.25, -0.2) is 4.39 Å². The Bertz CT molecular complexity index is 585. The molecule has 4 nitrogen and oxygen atoms in total. The van der Waals surface area contributed by atoms with Crippen LogP contribution in [0.15, 0.2) is 29.1 Å². The second-order valence-electron chi connectivity index (χ2n) is 4.89. The first-order chi connectivity index (χ1) is 10.2. The minimum atomic E-state index is -0.303. The fourth-order valence-corrected chi connectivity index (χ4v) is 2.84. The lowest BCUT2D eigenvalue weighted by molar-refractivity contribution is 0.491. The van der Waals surface area contributed by atoms with Gasteiger partial charge in [0.25, 0.3) is 0 Å². The molecule has 0 spiro atoms. The third-order valence-corrected chi connectivity index (χ3v) is 3.87. The Kier molecular flexibility index (Phi) is 5.87. The maximum Gasteiger partial charge on any atom is 0.146 e. The largest absolute Gasteiger partial charge is 0.305 e. The van der Waals surface area contributed by atoms with E-state index in [-0.39, 0.29) is 11.9 Å². The lowest BCUT2D eigenvalue weighted by Gasteiger charge is -2.21. The number of hydrogen-bond acceptors (Lipinski definition) is 3. The highest BCUT2D eigenvalue weighted by Gasteiger charge is 2.23. The SMILES string of the molecule is CCCNC(c1ccncc1F)c1c(Br)cnn1CCC. The van der Waals surface area contributed by atoms with Crippen molar-refractivity contribution in [1.29, 1.82) is 0 Å². The van der Waals surface area contributed by atoms with Crippen molar-refractivity contribution >= 4 is 15.9 Å². The van der Waals surface area contributed by atoms with E-state index in [9.17, 15) is 4.39 Å². The molecule has 21 heavy (non-hydrogen) atoms. The quantitative estimate of drug-likeness (QED) is 0.824. The molecule has 2 heterocycles. The van der Waals surface area contributed by atoms with E-state index in [2.05, 4.69) is 45.2 Å². The van der Waals surface area contributed by atoms with E-state index in [1.807, 2.05) is 4.68 Å². The molecule has 0 bridgehead atoms. The van der Waals surface area contributed by atoms with Gasteiger partial charge in [-0.1, -0.05) is 13.8 Å². The molecule has 6 heteroatoms. The molecule has 0 saturated carbocycles. The molecule has 1 unspecified atom stereocenters. The summed E-state index contributed by atoms with van der Waals surface area (Å²) in [5.74, 6) is -0.303. The van der Waals surface area contributed by atoms with Crippen LogP contribution in [0.25, 0.3) is 0 Å². The summed E-state index contributed by atoms with van der Waals surface area (Å²) >= 11 is 3.54. The van der Waals surface area contributed by atoms with Crippen molar-refractivity contribution in [3.8, 4) is 0 Å². The number of aryl methyl sites for hydroxylation is 1. The van der Waals surface area contributed by atoms with Crippen LogP contribution in [0.5, 0.6) is 0 Å². The monoisotopic (exact) mass is 354 g/mol. The maximum atomic E-state index is 14.2. The minimum absolute atomic E-state index is 0.239. The van der Waals surface area contributed by atoms with E-state index in [0.717, 1.165) is 36.1 Å². The molecule has 0 aromatic carbocycles. The van der Waals surface area contributed by atoms with Gasteiger partial charge in [0.2, 0.25) is 0 Å². The zero-order valence-corrected chi connectivity index (χ0v) is 13.9. The molecule has 2 aromatic rings. The minimum Gasteiger partial charge on any atom is -0.305 e. The highest BCUT2D eigenvalue weighted by molar-refractivity contribution is 9.10. The first kappa shape index (κ1) is 16.1. The van der Waals surface area contributed by atoms with Crippen LogP contribution < -0.4 is 5.32 Å². The molecule has 2 aromatic heterocycles. The fourth-order valence-electron chi connectivity index (χ4n) is 2.31. The molecule has 114 valence electrons. The average molecular weight is 355 g/mol. The highest BCUT2D eigenvalue weighted by Crippen LogP contribution is 2.30. The van der Waals surface area contributed by atoms with Gasteiger partial charge in [-0.05, 0) is 41.4 Å². The lowest BCUT2D eigenvalue weighted by Crippen LogP contribution is -2.27. The van der Waals surface area contributed by atoms with Gasteiger partial charge in [0.1, 0.15) is 5.82 Å². The van der Waals surface area contributed by atoms with Crippen LogP contribution in [0, 0.1) is 5.82 Å². The zero-order chi connectivity index (χ0) is 15.2. The topological polar surface area (TPSA) is 42.7 Å². The molecule has 0 fully saturated rings. The number of halogens is 2. The van der Waals surface area contributed by atoms with Crippen LogP contribution in [0.1, 0.15) is 44.0 Å². The van der Waals surface area contributed by atoms with Gasteiger partial charge in [-0.3, -0.25) is 9.67 Å². The molecule has 1 atom stereocenters. The second kappa shape index (κ2) is 7.66. The standard InChI is InChI=1S/C15H20BrFN4/c1-3-6-19-14(11-5-7-18-10-13(11)17)15-12(16)9-20-21(15)8-4-2/h5,7,9-10,14,19H,3-4,6,8H2,1-2H3. The van der Waals surface area contributed by atoms with Gasteiger partial charge in [0.15, 0.2) is 0 Å². The molecule has 1 N–H and O–H groups in total. The number of nitrogens with zero attached hydrogens (tertiary/aromatic N) is 3. The highest BCUT2D eigenvalue weighted by atomic mass is 79.9. The van der Waals surface area contributed by atoms with Crippen molar-refractivity contribution in [2.24, 2.45) is 0 Å². The van der Waals surface area contributed by atoms with E-state index in [4.69, 9.17) is 0 Å². The van der Waals surface area contributed by atoms with Crippen LogP contribution in [0.4, 0.5) is 4.39 Å². The Morgan fingerprint density at radius 3 is 2.81 bits per heavy atom. The normalized spacial score (nSPS) is 12.6. The van der Waals surface area contributed by atoms with Crippen LogP contribution >= 0.6 is 15.9 Å². The Morgan fingerprint density at radius 1 is 1.33 bits per heavy atom. The third-order valence-electron chi connectivity index (χ3n) is 3.26. The van der Waals surface area contributed by atoms with E-state index in [1.165, 1.54) is 6.20 Å². The zero-order valence-electron chi connectivity index (χ0n) is 12.3. The Morgan fingerprint density at radius 2 is 2.14 bits per heavy atom. The molecule has 0 saturated heterocycles. The van der Waals surface area contributed by atoms with E-state index in [1.54, 1.807) is 18.5 Å². The number of pyridine rings is 1. The number of aromatic nitrogens is 3. The molecule has 0 aliphatic carbocycles. The summed E-state index contributed by atoms with van der Waals surface area (Å²) in [7, 11) is 0. The lowest BCUT2D eigenvalue weighted by atomic mass is 10.0. The van der Waals surface area contributed by atoms with Crippen molar-refractivity contribution in [2.75, 3.05) is 6.54 Å². The molecule has 2 rings (SSSR count). The molecule has 0 aliphatic heterocycles. The van der Waals surface area contributed by atoms with Crippen molar-refractivity contribution in [2.45, 2.75) is 39.3 Å². The first-order valence-electron chi connectivity index (χ1n) is 7.23. The van der Waals surface area contributed by atoms with Crippen LogP contribution in [0.2, 0.25) is 0 Å². The van der Waals surface area contributed by atoms with Crippen LogP contribution in [0.3, 0.4) is 0 Å². The summed E-state index contributed by atoms with van der Waals surface area (Å²) in [5.41, 5.74) is 1.55. The Labute approximate surface area is 132 Å². The molecule has 0 radical (unpaired) electrons. The first-order valence-corrected chi connectivity index (χ1v) is 8.02. The van der Waals surface area contributed by atoms with Crippen molar-refractivity contribution in [1.82, 2.24) is 20.1 Å². The smallest absolute Gasteiger partial charge is 0.146 e. The predicted molar refractivity (Wildman–Crippen MR) is 84.5 cm³/mol. The van der Waals surface area contributed by atoms with Gasteiger partial charge in [0.05, 0.1) is 28.6 Å². The van der Waals surface area contributed by atoms with Gasteiger partial charge >= 0.3 is 0 Å². The number of rotatable bonds is 7. The summed E-state index contributed by atoms with van der Waals surface area (Å²) in [6.45, 7) is 5.79. The Hall–Kier alpha value is -1.27. The van der Waals surface area contributed by atoms with Gasteiger partial charge in [-0.15, -0.1) is 0 Å². The fraction of sp³-hybridized carbons (Fsp3) is 0.467. The predicted octanol–water partition coefficient (Wildman–Crippen LogP) is 3.68. The molecule has 0 amide bonds. The van der Waals surface area contributed by atoms with Crippen LogP contribution in [-0.2, 0) is 6.54 Å². The summed E-state index contributed by atoms with van der Waals surface area (Å²) in [4.78, 5) is 3.83. The number of nitrogens with one attached hydrogen (secondary N) is 1. The van der Waals surface area contributed by atoms with Crippen molar-refractivity contribution in [3.63, 3.8) is 0 Å². The van der Waals surface area contributed by atoms with E-state index >= 15 is 0 Å². The summed E-state index contributed by atoms with van der Waals surface area (Å²) in [6, 6.07) is 1.48.